The summed E-state index contributed by atoms with van der Waals surface area (Å²) < 4.78 is 10.5. The third kappa shape index (κ3) is 3.06. The van der Waals surface area contributed by atoms with Crippen molar-refractivity contribution in [2.45, 2.75) is 19.8 Å². The highest BCUT2D eigenvalue weighted by Gasteiger charge is 2.14. The van der Waals surface area contributed by atoms with Crippen LogP contribution in [0.15, 0.2) is 6.33 Å². The lowest BCUT2D eigenvalue weighted by Crippen LogP contribution is -2.23. The van der Waals surface area contributed by atoms with Crippen molar-refractivity contribution in [1.82, 2.24) is 9.97 Å². The number of methoxy groups -OCH3 is 1. The molecule has 0 saturated carbocycles. The van der Waals surface area contributed by atoms with Crippen LogP contribution in [0, 0.1) is 12.8 Å². The first kappa shape index (κ1) is 12.1. The predicted molar refractivity (Wildman–Crippen MR) is 65.4 cm³/mol. The molecule has 0 unspecified atom stereocenters. The lowest BCUT2D eigenvalue weighted by molar-refractivity contribution is 0.0699. The van der Waals surface area contributed by atoms with Gasteiger partial charge in [0.05, 0.1) is 12.7 Å². The van der Waals surface area contributed by atoms with E-state index in [1.54, 1.807) is 7.11 Å². The van der Waals surface area contributed by atoms with Crippen LogP contribution in [0.5, 0.6) is 5.88 Å². The van der Waals surface area contributed by atoms with E-state index in [1.807, 2.05) is 6.92 Å². The van der Waals surface area contributed by atoms with Crippen molar-refractivity contribution in [3.63, 3.8) is 0 Å². The molecule has 17 heavy (non-hydrogen) atoms. The molecule has 0 bridgehead atoms. The van der Waals surface area contributed by atoms with Crippen molar-refractivity contribution in [2.24, 2.45) is 5.92 Å². The lowest BCUT2D eigenvalue weighted by atomic mass is 10.0. The Bertz CT molecular complexity index is 365. The van der Waals surface area contributed by atoms with Gasteiger partial charge in [0.1, 0.15) is 12.1 Å². The molecule has 1 N–H and O–H groups in total. The first-order valence-corrected chi connectivity index (χ1v) is 5.98. The van der Waals surface area contributed by atoms with Crippen LogP contribution in [0.3, 0.4) is 0 Å². The Kier molecular flexibility index (Phi) is 4.14. The molecule has 0 amide bonds. The largest absolute Gasteiger partial charge is 0.481 e. The second kappa shape index (κ2) is 5.82. The molecule has 1 aliphatic rings. The Morgan fingerprint density at radius 3 is 2.88 bits per heavy atom. The standard InChI is InChI=1S/C12H19N3O2/c1-9-11(14-8-15-12(9)16-2)13-7-10-3-5-17-6-4-10/h8,10H,3-7H2,1-2H3,(H,13,14,15). The molecule has 1 fully saturated rings. The number of aromatic nitrogens is 2. The maximum Gasteiger partial charge on any atom is 0.221 e. The quantitative estimate of drug-likeness (QED) is 0.862. The van der Waals surface area contributed by atoms with Crippen molar-refractivity contribution < 1.29 is 9.47 Å². The summed E-state index contributed by atoms with van der Waals surface area (Å²) in [6.45, 7) is 4.65. The molecule has 5 heteroatoms. The summed E-state index contributed by atoms with van der Waals surface area (Å²) in [4.78, 5) is 8.30. The van der Waals surface area contributed by atoms with Crippen LogP contribution in [-0.2, 0) is 4.74 Å². The Hall–Kier alpha value is -1.36. The van der Waals surface area contributed by atoms with E-state index in [0.29, 0.717) is 11.8 Å². The van der Waals surface area contributed by atoms with Gasteiger partial charge in [-0.1, -0.05) is 0 Å². The molecule has 2 heterocycles. The number of hydrogen-bond donors (Lipinski definition) is 1. The molecule has 5 nitrogen and oxygen atoms in total. The fraction of sp³-hybridized carbons (Fsp3) is 0.667. The van der Waals surface area contributed by atoms with Crippen molar-refractivity contribution in [3.8, 4) is 5.88 Å². The first-order valence-electron chi connectivity index (χ1n) is 5.98. The summed E-state index contributed by atoms with van der Waals surface area (Å²) in [6, 6.07) is 0. The normalized spacial score (nSPS) is 16.8. The average molecular weight is 237 g/mol. The minimum absolute atomic E-state index is 0.634. The summed E-state index contributed by atoms with van der Waals surface area (Å²) in [5.41, 5.74) is 0.960. The van der Waals surface area contributed by atoms with Gasteiger partial charge in [-0.2, -0.15) is 0 Å². The molecule has 94 valence electrons. The van der Waals surface area contributed by atoms with Crippen molar-refractivity contribution in [3.05, 3.63) is 11.9 Å². The minimum Gasteiger partial charge on any atom is -0.481 e. The molecule has 0 aliphatic carbocycles. The number of rotatable bonds is 4. The van der Waals surface area contributed by atoms with E-state index in [1.165, 1.54) is 6.33 Å². The zero-order valence-corrected chi connectivity index (χ0v) is 10.4. The molecule has 1 saturated heterocycles. The number of nitrogens with zero attached hydrogens (tertiary/aromatic N) is 2. The van der Waals surface area contributed by atoms with E-state index in [0.717, 1.165) is 44.0 Å². The van der Waals surface area contributed by atoms with Gasteiger partial charge >= 0.3 is 0 Å². The summed E-state index contributed by atoms with van der Waals surface area (Å²) >= 11 is 0. The third-order valence-electron chi connectivity index (χ3n) is 3.13. The fourth-order valence-corrected chi connectivity index (χ4v) is 2.01. The Balaban J connectivity index is 1.93. The van der Waals surface area contributed by atoms with Gasteiger partial charge in [0.15, 0.2) is 0 Å². The highest BCUT2D eigenvalue weighted by atomic mass is 16.5. The maximum absolute atomic E-state index is 5.34. The van der Waals surface area contributed by atoms with Gasteiger partial charge in [-0.05, 0) is 25.7 Å². The third-order valence-corrected chi connectivity index (χ3v) is 3.13. The minimum atomic E-state index is 0.634. The monoisotopic (exact) mass is 237 g/mol. The summed E-state index contributed by atoms with van der Waals surface area (Å²) in [7, 11) is 1.62. The van der Waals surface area contributed by atoms with E-state index in [-0.39, 0.29) is 0 Å². The highest BCUT2D eigenvalue weighted by molar-refractivity contribution is 5.47. The second-order valence-corrected chi connectivity index (χ2v) is 4.29. The number of ether oxygens (including phenoxy) is 2. The molecule has 2 rings (SSSR count). The molecule has 1 aliphatic heterocycles. The smallest absolute Gasteiger partial charge is 0.221 e. The van der Waals surface area contributed by atoms with Crippen LogP contribution in [0.1, 0.15) is 18.4 Å². The van der Waals surface area contributed by atoms with Crippen LogP contribution in [-0.4, -0.2) is 36.8 Å². The van der Waals surface area contributed by atoms with Gasteiger partial charge in [-0.3, -0.25) is 0 Å². The van der Waals surface area contributed by atoms with Gasteiger partial charge in [0, 0.05) is 19.8 Å². The zero-order valence-electron chi connectivity index (χ0n) is 10.4. The second-order valence-electron chi connectivity index (χ2n) is 4.29. The molecular formula is C12H19N3O2. The average Bonchev–Trinajstić information content (AvgIpc) is 2.39. The van der Waals surface area contributed by atoms with Crippen molar-refractivity contribution in [2.75, 3.05) is 32.2 Å². The molecule has 0 aromatic carbocycles. The highest BCUT2D eigenvalue weighted by Crippen LogP contribution is 2.21. The summed E-state index contributed by atoms with van der Waals surface area (Å²) in [5, 5.41) is 3.37. The van der Waals surface area contributed by atoms with E-state index in [4.69, 9.17) is 9.47 Å². The van der Waals surface area contributed by atoms with Gasteiger partial charge < -0.3 is 14.8 Å². The maximum atomic E-state index is 5.34. The Morgan fingerprint density at radius 2 is 2.18 bits per heavy atom. The van der Waals surface area contributed by atoms with Crippen molar-refractivity contribution in [1.29, 1.82) is 0 Å². The molecular weight excluding hydrogens is 218 g/mol. The molecule has 0 spiro atoms. The van der Waals surface area contributed by atoms with E-state index < -0.39 is 0 Å². The summed E-state index contributed by atoms with van der Waals surface area (Å²) in [6.07, 6.45) is 3.76. The molecule has 1 aromatic rings. The van der Waals surface area contributed by atoms with Gasteiger partial charge in [0.2, 0.25) is 5.88 Å². The number of anilines is 1. The zero-order chi connectivity index (χ0) is 12.1. The number of nitrogens with one attached hydrogen (secondary N) is 1. The van der Waals surface area contributed by atoms with Crippen LogP contribution in [0.4, 0.5) is 5.82 Å². The van der Waals surface area contributed by atoms with Crippen LogP contribution < -0.4 is 10.1 Å². The van der Waals surface area contributed by atoms with Gasteiger partial charge in [-0.15, -0.1) is 0 Å². The first-order chi connectivity index (χ1) is 8.31. The Morgan fingerprint density at radius 1 is 1.41 bits per heavy atom. The van der Waals surface area contributed by atoms with E-state index >= 15 is 0 Å². The van der Waals surface area contributed by atoms with E-state index in [9.17, 15) is 0 Å². The van der Waals surface area contributed by atoms with E-state index in [2.05, 4.69) is 15.3 Å². The van der Waals surface area contributed by atoms with Gasteiger partial charge in [-0.25, -0.2) is 9.97 Å². The Labute approximate surface area is 102 Å². The van der Waals surface area contributed by atoms with Crippen LogP contribution in [0.25, 0.3) is 0 Å². The molecule has 1 aromatic heterocycles. The predicted octanol–water partition coefficient (Wildman–Crippen LogP) is 1.63. The fourth-order valence-electron chi connectivity index (χ4n) is 2.01. The number of hydrogen-bond acceptors (Lipinski definition) is 5. The van der Waals surface area contributed by atoms with Crippen LogP contribution >= 0.6 is 0 Å². The molecule has 0 atom stereocenters. The van der Waals surface area contributed by atoms with Crippen molar-refractivity contribution >= 4 is 5.82 Å². The lowest BCUT2D eigenvalue weighted by Gasteiger charge is -2.22. The van der Waals surface area contributed by atoms with Crippen LogP contribution in [0.2, 0.25) is 0 Å². The summed E-state index contributed by atoms with van der Waals surface area (Å²) in [5.74, 6) is 2.17. The SMILES string of the molecule is COc1ncnc(NCC2CCOCC2)c1C. The topological polar surface area (TPSA) is 56.3 Å². The van der Waals surface area contributed by atoms with Gasteiger partial charge in [0.25, 0.3) is 0 Å². The molecule has 0 radical (unpaired) electrons.